The number of nitrogens with zero attached hydrogens (tertiary/aromatic N) is 5. The molecule has 2 aliphatic heterocycles. The van der Waals surface area contributed by atoms with E-state index in [9.17, 15) is 4.39 Å². The van der Waals surface area contributed by atoms with Gasteiger partial charge < -0.3 is 26.0 Å². The lowest BCUT2D eigenvalue weighted by atomic mass is 10.0. The molecule has 0 atom stereocenters. The highest BCUT2D eigenvalue weighted by Crippen LogP contribution is 2.29. The van der Waals surface area contributed by atoms with Gasteiger partial charge >= 0.3 is 0 Å². The monoisotopic (exact) mass is 487 g/mol. The highest BCUT2D eigenvalue weighted by atomic mass is 19.1. The van der Waals surface area contributed by atoms with E-state index in [1.807, 2.05) is 19.3 Å². The number of benzene rings is 1. The number of anilines is 3. The normalized spacial score (nSPS) is 17.6. The Bertz CT molecular complexity index is 869. The van der Waals surface area contributed by atoms with E-state index < -0.39 is 0 Å². The van der Waals surface area contributed by atoms with Crippen LogP contribution in [0.25, 0.3) is 0 Å². The molecule has 2 fully saturated rings. The molecule has 0 saturated carbocycles. The molecule has 1 aromatic heterocycles. The van der Waals surface area contributed by atoms with Gasteiger partial charge in [0.05, 0.1) is 11.4 Å². The summed E-state index contributed by atoms with van der Waals surface area (Å²) in [4.78, 5) is 15.0. The molecule has 4 rings (SSSR count). The average molecular weight is 488 g/mol. The summed E-state index contributed by atoms with van der Waals surface area (Å²) in [6.07, 6.45) is 9.80. The van der Waals surface area contributed by atoms with E-state index in [-0.39, 0.29) is 5.82 Å². The number of hydrogen-bond acceptors (Lipinski definition) is 8. The lowest BCUT2D eigenvalue weighted by Crippen LogP contribution is -2.46. The van der Waals surface area contributed by atoms with Crippen molar-refractivity contribution in [3.63, 3.8) is 0 Å². The summed E-state index contributed by atoms with van der Waals surface area (Å²) in [6, 6.07) is 5.00. The highest BCUT2D eigenvalue weighted by Gasteiger charge is 2.25. The van der Waals surface area contributed by atoms with Crippen LogP contribution in [0.4, 0.5) is 21.7 Å². The second kappa shape index (κ2) is 14.2. The van der Waals surface area contributed by atoms with Crippen molar-refractivity contribution in [3.8, 4) is 0 Å². The third kappa shape index (κ3) is 8.59. The second-order valence-electron chi connectivity index (χ2n) is 9.25. The molecule has 0 radical (unpaired) electrons. The van der Waals surface area contributed by atoms with Crippen molar-refractivity contribution in [3.05, 3.63) is 42.0 Å². The molecule has 0 unspecified atom stereocenters. The maximum absolute atomic E-state index is 13.3. The van der Waals surface area contributed by atoms with Crippen LogP contribution in [0.2, 0.25) is 0 Å². The summed E-state index contributed by atoms with van der Waals surface area (Å²) in [5.41, 5.74) is 13.9. The van der Waals surface area contributed by atoms with Crippen LogP contribution in [0, 0.1) is 5.82 Å². The molecule has 194 valence electrons. The number of aromatic nitrogens is 2. The van der Waals surface area contributed by atoms with Gasteiger partial charge in [-0.3, -0.25) is 4.90 Å². The van der Waals surface area contributed by atoms with Crippen LogP contribution < -0.4 is 16.4 Å². The van der Waals surface area contributed by atoms with Gasteiger partial charge in [-0.05, 0) is 70.4 Å². The summed E-state index contributed by atoms with van der Waals surface area (Å²) in [6.45, 7) is 12.0. The van der Waals surface area contributed by atoms with Gasteiger partial charge in [-0.2, -0.15) is 0 Å². The molecule has 2 aliphatic rings. The van der Waals surface area contributed by atoms with Gasteiger partial charge in [-0.25, -0.2) is 14.4 Å². The van der Waals surface area contributed by atoms with E-state index in [4.69, 9.17) is 16.2 Å². The van der Waals surface area contributed by atoms with Crippen LogP contribution in [0.15, 0.2) is 30.6 Å². The van der Waals surface area contributed by atoms with Gasteiger partial charge in [-0.1, -0.05) is 13.3 Å². The zero-order valence-electron chi connectivity index (χ0n) is 21.3. The first-order valence-corrected chi connectivity index (χ1v) is 12.9. The molecule has 8 nitrogen and oxygen atoms in total. The quantitative estimate of drug-likeness (QED) is 0.429. The van der Waals surface area contributed by atoms with Crippen molar-refractivity contribution in [1.29, 1.82) is 0 Å². The zero-order chi connectivity index (χ0) is 25.0. The van der Waals surface area contributed by atoms with Gasteiger partial charge in [0.25, 0.3) is 0 Å². The van der Waals surface area contributed by atoms with Crippen molar-refractivity contribution in [2.24, 2.45) is 0 Å². The van der Waals surface area contributed by atoms with Crippen LogP contribution in [-0.2, 0) is 11.3 Å². The SMILES string of the molecule is CCOCN(c1ccc(F)cc1N)C1CCN(CC)CC1.Nc1ncc(CN2CCCCC2)cn1. The lowest BCUT2D eigenvalue weighted by molar-refractivity contribution is 0.128. The minimum absolute atomic E-state index is 0.298. The molecule has 0 aliphatic carbocycles. The van der Waals surface area contributed by atoms with Crippen molar-refractivity contribution in [2.45, 2.75) is 58.5 Å². The Hall–Kier alpha value is -2.49. The number of nitrogen functional groups attached to an aromatic ring is 2. The number of ether oxygens (including phenoxy) is 1. The molecule has 35 heavy (non-hydrogen) atoms. The van der Waals surface area contributed by atoms with E-state index >= 15 is 0 Å². The molecule has 0 spiro atoms. The number of hydrogen-bond donors (Lipinski definition) is 2. The summed E-state index contributed by atoms with van der Waals surface area (Å²) in [7, 11) is 0. The molecule has 3 heterocycles. The topological polar surface area (TPSA) is 96.8 Å². The minimum atomic E-state index is -0.298. The van der Waals surface area contributed by atoms with Gasteiger partial charge in [0, 0.05) is 50.2 Å². The van der Waals surface area contributed by atoms with Crippen LogP contribution in [0.5, 0.6) is 0 Å². The van der Waals surface area contributed by atoms with E-state index in [0.717, 1.165) is 50.3 Å². The van der Waals surface area contributed by atoms with Crippen molar-refractivity contribution in [1.82, 2.24) is 19.8 Å². The first-order chi connectivity index (χ1) is 17.0. The molecule has 0 amide bonds. The Morgan fingerprint density at radius 3 is 2.29 bits per heavy atom. The molecule has 4 N–H and O–H groups in total. The fraction of sp³-hybridized carbons (Fsp3) is 0.615. The fourth-order valence-electron chi connectivity index (χ4n) is 4.72. The van der Waals surface area contributed by atoms with Gasteiger partial charge in [0.15, 0.2) is 0 Å². The molecule has 1 aromatic carbocycles. The largest absolute Gasteiger partial charge is 0.397 e. The Kier molecular flexibility index (Phi) is 11.0. The minimum Gasteiger partial charge on any atom is -0.397 e. The van der Waals surface area contributed by atoms with Crippen LogP contribution >= 0.6 is 0 Å². The number of piperidine rings is 2. The number of halogens is 1. The molecular formula is C26H42FN7O. The summed E-state index contributed by atoms with van der Waals surface area (Å²) in [5, 5.41) is 0. The highest BCUT2D eigenvalue weighted by molar-refractivity contribution is 5.67. The smallest absolute Gasteiger partial charge is 0.219 e. The molecule has 0 bridgehead atoms. The third-order valence-electron chi connectivity index (χ3n) is 6.76. The maximum Gasteiger partial charge on any atom is 0.219 e. The third-order valence-corrected chi connectivity index (χ3v) is 6.76. The van der Waals surface area contributed by atoms with Crippen LogP contribution in [0.3, 0.4) is 0 Å². The van der Waals surface area contributed by atoms with Gasteiger partial charge in [0.1, 0.15) is 12.5 Å². The molecule has 9 heteroatoms. The molecule has 2 aromatic rings. The Labute approximate surface area is 209 Å². The van der Waals surface area contributed by atoms with Crippen LogP contribution in [-0.4, -0.2) is 71.9 Å². The standard InChI is InChI=1S/C16H26FN3O.C10H16N4/c1-3-19-9-7-14(8-10-19)20(12-21-4-2)16-6-5-13(17)11-15(16)18;11-10-12-6-9(7-13-10)8-14-4-2-1-3-5-14/h5-6,11,14H,3-4,7-10,12,18H2,1-2H3;6-7H,1-5,8H2,(H2,11,12,13). The predicted molar refractivity (Wildman–Crippen MR) is 140 cm³/mol. The van der Waals surface area contributed by atoms with Crippen molar-refractivity contribution >= 4 is 17.3 Å². The van der Waals surface area contributed by atoms with Crippen LogP contribution in [0.1, 0.15) is 51.5 Å². The first-order valence-electron chi connectivity index (χ1n) is 12.9. The lowest BCUT2D eigenvalue weighted by Gasteiger charge is -2.39. The molecular weight excluding hydrogens is 445 g/mol. The second-order valence-corrected chi connectivity index (χ2v) is 9.25. The van der Waals surface area contributed by atoms with E-state index in [1.165, 1.54) is 44.5 Å². The van der Waals surface area contributed by atoms with E-state index in [0.29, 0.717) is 31.0 Å². The first kappa shape index (κ1) is 27.1. The fourth-order valence-corrected chi connectivity index (χ4v) is 4.72. The number of rotatable bonds is 8. The summed E-state index contributed by atoms with van der Waals surface area (Å²) in [5.74, 6) is 0.0563. The predicted octanol–water partition coefficient (Wildman–Crippen LogP) is 3.74. The maximum atomic E-state index is 13.3. The van der Waals surface area contributed by atoms with Crippen molar-refractivity contribution in [2.75, 3.05) is 62.4 Å². The van der Waals surface area contributed by atoms with E-state index in [2.05, 4.69) is 31.6 Å². The Morgan fingerprint density at radius 2 is 1.69 bits per heavy atom. The Morgan fingerprint density at radius 1 is 1.00 bits per heavy atom. The molecule has 2 saturated heterocycles. The number of nitrogens with two attached hydrogens (primary N) is 2. The zero-order valence-corrected chi connectivity index (χ0v) is 21.3. The number of likely N-dealkylation sites (tertiary alicyclic amines) is 2. The van der Waals surface area contributed by atoms with Gasteiger partial charge in [-0.15, -0.1) is 0 Å². The van der Waals surface area contributed by atoms with Crippen molar-refractivity contribution < 1.29 is 9.13 Å². The van der Waals surface area contributed by atoms with Gasteiger partial charge in [0.2, 0.25) is 5.95 Å². The summed E-state index contributed by atoms with van der Waals surface area (Å²) < 4.78 is 18.9. The Balaban J connectivity index is 0.000000211. The van der Waals surface area contributed by atoms with E-state index in [1.54, 1.807) is 6.07 Å². The average Bonchev–Trinajstić information content (AvgIpc) is 2.88. The summed E-state index contributed by atoms with van der Waals surface area (Å²) >= 11 is 0.